The van der Waals surface area contributed by atoms with Gasteiger partial charge < -0.3 is 9.47 Å². The van der Waals surface area contributed by atoms with E-state index in [-0.39, 0.29) is 5.69 Å². The van der Waals surface area contributed by atoms with Crippen LogP contribution in [0, 0.1) is 10.1 Å². The second kappa shape index (κ2) is 6.49. The van der Waals surface area contributed by atoms with Crippen LogP contribution in [-0.4, -0.2) is 26.5 Å². The molecule has 0 saturated carbocycles. The van der Waals surface area contributed by atoms with Crippen LogP contribution in [0.5, 0.6) is 0 Å². The monoisotopic (exact) mass is 323 g/mol. The molecule has 24 heavy (non-hydrogen) atoms. The minimum atomic E-state index is -0.405. The van der Waals surface area contributed by atoms with Crippen LogP contribution < -0.4 is 4.90 Å². The van der Waals surface area contributed by atoms with Gasteiger partial charge in [-0.25, -0.2) is 9.97 Å². The van der Waals surface area contributed by atoms with Gasteiger partial charge in [-0.05, 0) is 6.07 Å². The lowest BCUT2D eigenvalue weighted by Crippen LogP contribution is -2.20. The number of hydrogen-bond donors (Lipinski definition) is 0. The molecule has 7 nitrogen and oxygen atoms in total. The Balaban J connectivity index is 1.98. The zero-order valence-electron chi connectivity index (χ0n) is 13.5. The third-order valence-corrected chi connectivity index (χ3v) is 3.79. The molecule has 0 unspecified atom stereocenters. The van der Waals surface area contributed by atoms with Gasteiger partial charge in [0.05, 0.1) is 11.5 Å². The van der Waals surface area contributed by atoms with E-state index in [0.29, 0.717) is 18.1 Å². The zero-order chi connectivity index (χ0) is 17.1. The highest BCUT2D eigenvalue weighted by Crippen LogP contribution is 2.30. The SMILES string of the molecule is CN(Cc1nccn1C)c1ccc([N+](=O)[O-])c(-c2ccccc2)n1. The van der Waals surface area contributed by atoms with E-state index in [9.17, 15) is 10.1 Å². The van der Waals surface area contributed by atoms with E-state index < -0.39 is 4.92 Å². The van der Waals surface area contributed by atoms with Crippen molar-refractivity contribution in [3.05, 3.63) is 70.8 Å². The first kappa shape index (κ1) is 15.7. The molecule has 0 fully saturated rings. The van der Waals surface area contributed by atoms with Crippen molar-refractivity contribution in [2.24, 2.45) is 7.05 Å². The molecule has 2 aromatic heterocycles. The molecule has 2 heterocycles. The van der Waals surface area contributed by atoms with E-state index in [4.69, 9.17) is 0 Å². The highest BCUT2D eigenvalue weighted by Gasteiger charge is 2.19. The standard InChI is InChI=1S/C17H17N5O2/c1-20-11-10-18-16(20)12-21(2)15-9-8-14(22(23)24)17(19-15)13-6-4-3-5-7-13/h3-11H,12H2,1-2H3. The lowest BCUT2D eigenvalue weighted by atomic mass is 10.1. The van der Waals surface area contributed by atoms with Crippen LogP contribution in [0.4, 0.5) is 11.5 Å². The van der Waals surface area contributed by atoms with Crippen molar-refractivity contribution in [2.75, 3.05) is 11.9 Å². The molecular formula is C17H17N5O2. The predicted molar refractivity (Wildman–Crippen MR) is 91.6 cm³/mol. The van der Waals surface area contributed by atoms with Crippen molar-refractivity contribution in [3.8, 4) is 11.3 Å². The Labute approximate surface area is 139 Å². The summed E-state index contributed by atoms with van der Waals surface area (Å²) < 4.78 is 1.93. The topological polar surface area (TPSA) is 77.1 Å². The van der Waals surface area contributed by atoms with Crippen LogP contribution in [-0.2, 0) is 13.6 Å². The minimum Gasteiger partial charge on any atom is -0.352 e. The molecule has 0 aliphatic rings. The number of anilines is 1. The molecule has 0 radical (unpaired) electrons. The third kappa shape index (κ3) is 3.10. The van der Waals surface area contributed by atoms with Crippen LogP contribution in [0.15, 0.2) is 54.9 Å². The van der Waals surface area contributed by atoms with Crippen molar-refractivity contribution in [3.63, 3.8) is 0 Å². The second-order valence-electron chi connectivity index (χ2n) is 5.47. The number of nitro groups is 1. The summed E-state index contributed by atoms with van der Waals surface area (Å²) >= 11 is 0. The number of aromatic nitrogens is 3. The molecule has 0 aliphatic heterocycles. The van der Waals surface area contributed by atoms with Crippen LogP contribution in [0.1, 0.15) is 5.82 Å². The number of nitrogens with zero attached hydrogens (tertiary/aromatic N) is 5. The maximum Gasteiger partial charge on any atom is 0.295 e. The molecule has 0 aliphatic carbocycles. The van der Waals surface area contributed by atoms with Gasteiger partial charge in [0.2, 0.25) is 0 Å². The summed E-state index contributed by atoms with van der Waals surface area (Å²) in [6.45, 7) is 0.558. The van der Waals surface area contributed by atoms with E-state index in [1.165, 1.54) is 6.07 Å². The molecule has 1 aromatic carbocycles. The van der Waals surface area contributed by atoms with Crippen LogP contribution in [0.2, 0.25) is 0 Å². The van der Waals surface area contributed by atoms with Crippen LogP contribution in [0.25, 0.3) is 11.3 Å². The smallest absolute Gasteiger partial charge is 0.295 e. The van der Waals surface area contributed by atoms with E-state index in [1.54, 1.807) is 12.3 Å². The first-order valence-electron chi connectivity index (χ1n) is 7.44. The Morgan fingerprint density at radius 1 is 1.21 bits per heavy atom. The summed E-state index contributed by atoms with van der Waals surface area (Å²) in [5, 5.41) is 11.3. The first-order valence-corrected chi connectivity index (χ1v) is 7.44. The van der Waals surface area contributed by atoms with E-state index in [0.717, 1.165) is 11.4 Å². The van der Waals surface area contributed by atoms with Gasteiger partial charge in [-0.3, -0.25) is 10.1 Å². The van der Waals surface area contributed by atoms with Crippen molar-refractivity contribution < 1.29 is 4.92 Å². The van der Waals surface area contributed by atoms with Gasteiger partial charge in [-0.15, -0.1) is 0 Å². The molecular weight excluding hydrogens is 306 g/mol. The highest BCUT2D eigenvalue weighted by molar-refractivity contribution is 5.71. The van der Waals surface area contributed by atoms with Crippen LogP contribution in [0.3, 0.4) is 0 Å². The van der Waals surface area contributed by atoms with Crippen molar-refractivity contribution in [1.29, 1.82) is 0 Å². The predicted octanol–water partition coefficient (Wildman–Crippen LogP) is 3.03. The number of imidazole rings is 1. The van der Waals surface area contributed by atoms with Crippen LogP contribution >= 0.6 is 0 Å². The van der Waals surface area contributed by atoms with Crippen molar-refractivity contribution in [2.45, 2.75) is 6.54 Å². The van der Waals surface area contributed by atoms with Crippen molar-refractivity contribution in [1.82, 2.24) is 14.5 Å². The number of hydrogen-bond acceptors (Lipinski definition) is 5. The summed E-state index contributed by atoms with van der Waals surface area (Å²) in [6, 6.07) is 12.3. The van der Waals surface area contributed by atoms with Gasteiger partial charge in [-0.1, -0.05) is 30.3 Å². The summed E-state index contributed by atoms with van der Waals surface area (Å²) in [7, 11) is 3.81. The van der Waals surface area contributed by atoms with E-state index in [1.807, 2.05) is 60.1 Å². The molecule has 0 spiro atoms. The van der Waals surface area contributed by atoms with Gasteiger partial charge in [0.1, 0.15) is 11.6 Å². The van der Waals surface area contributed by atoms with Gasteiger partial charge in [0.15, 0.2) is 5.69 Å². The normalized spacial score (nSPS) is 10.6. The van der Waals surface area contributed by atoms with Gasteiger partial charge >= 0.3 is 0 Å². The number of benzene rings is 1. The molecule has 7 heteroatoms. The fraction of sp³-hybridized carbons (Fsp3) is 0.176. The summed E-state index contributed by atoms with van der Waals surface area (Å²) in [4.78, 5) is 21.6. The Morgan fingerprint density at radius 3 is 2.58 bits per heavy atom. The zero-order valence-corrected chi connectivity index (χ0v) is 13.5. The molecule has 122 valence electrons. The van der Waals surface area contributed by atoms with Crippen molar-refractivity contribution >= 4 is 11.5 Å². The molecule has 0 saturated heterocycles. The fourth-order valence-corrected chi connectivity index (χ4v) is 2.45. The summed E-state index contributed by atoms with van der Waals surface area (Å²) in [6.07, 6.45) is 3.61. The maximum atomic E-state index is 11.3. The first-order chi connectivity index (χ1) is 11.6. The molecule has 0 atom stereocenters. The second-order valence-corrected chi connectivity index (χ2v) is 5.47. The Hall–Kier alpha value is -3.22. The quantitative estimate of drug-likeness (QED) is 0.533. The molecule has 3 rings (SSSR count). The average molecular weight is 323 g/mol. The fourth-order valence-electron chi connectivity index (χ4n) is 2.45. The largest absolute Gasteiger partial charge is 0.352 e. The lowest BCUT2D eigenvalue weighted by Gasteiger charge is -2.18. The molecule has 0 amide bonds. The van der Waals surface area contributed by atoms with E-state index in [2.05, 4.69) is 9.97 Å². The molecule has 3 aromatic rings. The Kier molecular flexibility index (Phi) is 4.24. The third-order valence-electron chi connectivity index (χ3n) is 3.79. The van der Waals surface area contributed by atoms with Gasteiger partial charge in [0.25, 0.3) is 5.69 Å². The number of pyridine rings is 1. The van der Waals surface area contributed by atoms with Gasteiger partial charge in [-0.2, -0.15) is 0 Å². The number of aryl methyl sites for hydroxylation is 1. The lowest BCUT2D eigenvalue weighted by molar-refractivity contribution is -0.384. The Bertz CT molecular complexity index is 860. The molecule has 0 bridgehead atoms. The van der Waals surface area contributed by atoms with E-state index >= 15 is 0 Å². The number of rotatable bonds is 5. The Morgan fingerprint density at radius 2 is 1.96 bits per heavy atom. The average Bonchev–Trinajstić information content (AvgIpc) is 3.00. The highest BCUT2D eigenvalue weighted by atomic mass is 16.6. The summed E-state index contributed by atoms with van der Waals surface area (Å²) in [5.41, 5.74) is 1.08. The summed E-state index contributed by atoms with van der Waals surface area (Å²) in [5.74, 6) is 1.54. The van der Waals surface area contributed by atoms with Gasteiger partial charge in [0, 0.05) is 38.1 Å². The maximum absolute atomic E-state index is 11.3. The minimum absolute atomic E-state index is 0.00431. The molecule has 0 N–H and O–H groups in total.